The van der Waals surface area contributed by atoms with Gasteiger partial charge in [0.25, 0.3) is 0 Å². The molecule has 0 spiro atoms. The molecule has 3 aromatic rings. The van der Waals surface area contributed by atoms with Crippen LogP contribution in [0.3, 0.4) is 0 Å². The van der Waals surface area contributed by atoms with Gasteiger partial charge in [0.1, 0.15) is 23.7 Å². The van der Waals surface area contributed by atoms with Gasteiger partial charge in [0.15, 0.2) is 0 Å². The highest BCUT2D eigenvalue weighted by molar-refractivity contribution is 6.12. The highest BCUT2D eigenvalue weighted by atomic mass is 16.7. The Morgan fingerprint density at radius 1 is 1.08 bits per heavy atom. The molecule has 1 aromatic carbocycles. The Morgan fingerprint density at radius 3 is 2.55 bits per heavy atom. The molecule has 3 heterocycles. The summed E-state index contributed by atoms with van der Waals surface area (Å²) in [7, 11) is 3.67. The van der Waals surface area contributed by atoms with Gasteiger partial charge in [-0.3, -0.25) is 9.48 Å². The number of hydrogen-bond donors (Lipinski definition) is 1. The monoisotopic (exact) mass is 523 g/mol. The van der Waals surface area contributed by atoms with Crippen molar-refractivity contribution in [1.82, 2.24) is 24.6 Å². The van der Waals surface area contributed by atoms with Gasteiger partial charge in [-0.2, -0.15) is 5.10 Å². The number of piperazine rings is 1. The Labute approximate surface area is 221 Å². The number of benzene rings is 1. The maximum Gasteiger partial charge on any atom is 0.342 e. The molecule has 0 radical (unpaired) electrons. The fraction of sp³-hybridized carbons (Fsp3) is 0.423. The van der Waals surface area contributed by atoms with E-state index >= 15 is 0 Å². The van der Waals surface area contributed by atoms with Crippen LogP contribution in [0, 0.1) is 0 Å². The van der Waals surface area contributed by atoms with Gasteiger partial charge in [-0.05, 0) is 44.3 Å². The predicted molar refractivity (Wildman–Crippen MR) is 141 cm³/mol. The number of likely N-dealkylation sites (N-methyl/N-ethyl adjacent to an activating group) is 1. The van der Waals surface area contributed by atoms with Crippen molar-refractivity contribution in [2.45, 2.75) is 13.5 Å². The molecule has 1 saturated heterocycles. The van der Waals surface area contributed by atoms with Gasteiger partial charge in [0.05, 0.1) is 19.8 Å². The van der Waals surface area contributed by atoms with Crippen LogP contribution in [-0.4, -0.2) is 96.7 Å². The number of methoxy groups -OCH3 is 1. The van der Waals surface area contributed by atoms with E-state index in [1.807, 2.05) is 24.3 Å². The molecule has 0 amide bonds. The number of rotatable bonds is 12. The second-order valence-corrected chi connectivity index (χ2v) is 8.75. The maximum atomic E-state index is 13.4. The summed E-state index contributed by atoms with van der Waals surface area (Å²) in [6.45, 7) is 6.82. The number of ketones is 1. The third-order valence-corrected chi connectivity index (χ3v) is 6.03. The molecule has 38 heavy (non-hydrogen) atoms. The fourth-order valence-electron chi connectivity index (χ4n) is 3.95. The highest BCUT2D eigenvalue weighted by Crippen LogP contribution is 2.22. The van der Waals surface area contributed by atoms with Crippen LogP contribution in [0.5, 0.6) is 0 Å². The summed E-state index contributed by atoms with van der Waals surface area (Å²) in [5, 5.41) is 7.43. The number of aromatic nitrogens is 4. The molecule has 4 rings (SSSR count). The van der Waals surface area contributed by atoms with E-state index in [1.165, 1.54) is 6.20 Å². The quantitative estimate of drug-likeness (QED) is 0.163. The first-order valence-corrected chi connectivity index (χ1v) is 12.5. The van der Waals surface area contributed by atoms with Crippen LogP contribution in [-0.2, 0) is 20.8 Å². The Morgan fingerprint density at radius 2 is 1.84 bits per heavy atom. The minimum absolute atomic E-state index is 0.0224. The lowest BCUT2D eigenvalue weighted by atomic mass is 10.1. The number of nitrogens with zero attached hydrogens (tertiary/aromatic N) is 6. The van der Waals surface area contributed by atoms with Crippen molar-refractivity contribution in [3.63, 3.8) is 0 Å². The first kappa shape index (κ1) is 27.2. The number of ether oxygens (including phenoxy) is 3. The lowest BCUT2D eigenvalue weighted by Gasteiger charge is -2.34. The van der Waals surface area contributed by atoms with E-state index in [2.05, 4.69) is 37.2 Å². The lowest BCUT2D eigenvalue weighted by Crippen LogP contribution is -2.44. The summed E-state index contributed by atoms with van der Waals surface area (Å²) in [6, 6.07) is 9.52. The van der Waals surface area contributed by atoms with Crippen molar-refractivity contribution in [2.75, 3.05) is 70.6 Å². The summed E-state index contributed by atoms with van der Waals surface area (Å²) in [4.78, 5) is 39.2. The van der Waals surface area contributed by atoms with Crippen LogP contribution < -0.4 is 10.2 Å². The van der Waals surface area contributed by atoms with E-state index < -0.39 is 11.8 Å². The molecule has 0 bridgehead atoms. The van der Waals surface area contributed by atoms with Crippen LogP contribution >= 0.6 is 0 Å². The van der Waals surface area contributed by atoms with Crippen molar-refractivity contribution in [1.29, 1.82) is 0 Å². The molecule has 1 N–H and O–H groups in total. The molecule has 12 heteroatoms. The van der Waals surface area contributed by atoms with Crippen LogP contribution in [0.25, 0.3) is 0 Å². The summed E-state index contributed by atoms with van der Waals surface area (Å²) in [6.07, 6.45) is 2.96. The van der Waals surface area contributed by atoms with Gasteiger partial charge in [-0.15, -0.1) is 0 Å². The highest BCUT2D eigenvalue weighted by Gasteiger charge is 2.24. The van der Waals surface area contributed by atoms with E-state index in [0.29, 0.717) is 13.2 Å². The number of nitrogens with one attached hydrogen (secondary N) is 1. The Hall–Kier alpha value is -3.87. The number of esters is 1. The van der Waals surface area contributed by atoms with Crippen molar-refractivity contribution >= 4 is 29.1 Å². The fourth-order valence-corrected chi connectivity index (χ4v) is 3.95. The van der Waals surface area contributed by atoms with E-state index in [4.69, 9.17) is 14.2 Å². The van der Waals surface area contributed by atoms with Crippen molar-refractivity contribution < 1.29 is 23.8 Å². The zero-order valence-corrected chi connectivity index (χ0v) is 21.9. The second kappa shape index (κ2) is 13.1. The Bertz CT molecular complexity index is 1220. The Kier molecular flexibility index (Phi) is 9.35. The van der Waals surface area contributed by atoms with E-state index in [9.17, 15) is 9.59 Å². The van der Waals surface area contributed by atoms with Gasteiger partial charge >= 0.3 is 5.97 Å². The maximum absolute atomic E-state index is 13.4. The largest absolute Gasteiger partial charge is 0.462 e. The minimum atomic E-state index is -0.675. The van der Waals surface area contributed by atoms with Crippen LogP contribution in [0.1, 0.15) is 33.5 Å². The molecule has 1 aliphatic rings. The molecular formula is C26H33N7O5. The van der Waals surface area contributed by atoms with Gasteiger partial charge in [0.2, 0.25) is 11.7 Å². The summed E-state index contributed by atoms with van der Waals surface area (Å²) in [5.74, 6) is -1.01. The molecular weight excluding hydrogens is 490 g/mol. The normalized spacial score (nSPS) is 13.9. The molecule has 0 saturated carbocycles. The van der Waals surface area contributed by atoms with Gasteiger partial charge in [-0.25, -0.2) is 14.8 Å². The van der Waals surface area contributed by atoms with E-state index in [-0.39, 0.29) is 36.3 Å². The number of hydrogen-bond acceptors (Lipinski definition) is 11. The molecule has 0 unspecified atom stereocenters. The van der Waals surface area contributed by atoms with Gasteiger partial charge in [0, 0.05) is 57.1 Å². The number of carbonyl (C=O) groups is 2. The molecule has 0 atom stereocenters. The second-order valence-electron chi connectivity index (χ2n) is 8.75. The molecule has 1 fully saturated rings. The smallest absolute Gasteiger partial charge is 0.342 e. The molecule has 1 aliphatic heterocycles. The number of carbonyl (C=O) groups excluding carboxylic acids is 2. The summed E-state index contributed by atoms with van der Waals surface area (Å²) in [5.41, 5.74) is 1.93. The molecule has 12 nitrogen and oxygen atoms in total. The summed E-state index contributed by atoms with van der Waals surface area (Å²) < 4.78 is 16.8. The first-order chi connectivity index (χ1) is 18.5. The average Bonchev–Trinajstić information content (AvgIpc) is 3.41. The van der Waals surface area contributed by atoms with E-state index in [1.54, 1.807) is 31.0 Å². The number of anilines is 3. The van der Waals surface area contributed by atoms with Crippen molar-refractivity contribution in [3.05, 3.63) is 59.7 Å². The lowest BCUT2D eigenvalue weighted by molar-refractivity contribution is -0.0336. The Balaban J connectivity index is 1.51. The van der Waals surface area contributed by atoms with E-state index in [0.717, 1.165) is 37.6 Å². The topological polar surface area (TPSA) is 124 Å². The van der Waals surface area contributed by atoms with Crippen LogP contribution in [0.15, 0.2) is 42.7 Å². The minimum Gasteiger partial charge on any atom is -0.462 e. The van der Waals surface area contributed by atoms with Crippen molar-refractivity contribution in [2.24, 2.45) is 0 Å². The third-order valence-electron chi connectivity index (χ3n) is 6.03. The van der Waals surface area contributed by atoms with Gasteiger partial charge in [-0.1, -0.05) is 0 Å². The molecule has 0 aliphatic carbocycles. The van der Waals surface area contributed by atoms with Gasteiger partial charge < -0.3 is 29.3 Å². The SMILES string of the molecule is CCOC(=O)c1cnc(Nc2ccc(N3CCN(C)CC3)cc2)nc1C(=O)c1ccn(CCOCOC)n1. The first-order valence-electron chi connectivity index (χ1n) is 12.5. The summed E-state index contributed by atoms with van der Waals surface area (Å²) >= 11 is 0. The van der Waals surface area contributed by atoms with Crippen LogP contribution in [0.4, 0.5) is 17.3 Å². The average molecular weight is 524 g/mol. The molecule has 2 aromatic heterocycles. The zero-order valence-electron chi connectivity index (χ0n) is 21.9. The standard InChI is InChI=1S/C26H33N7O5/c1-4-38-25(35)21-17-27-26(28-19-5-7-20(8-6-19)32-13-11-31(2)12-14-32)29-23(21)24(34)22-9-10-33(30-22)15-16-37-18-36-3/h5-10,17H,4,11-16,18H2,1-3H3,(H,27,28,29). The zero-order chi connectivity index (χ0) is 26.9. The van der Waals surface area contributed by atoms with Crippen molar-refractivity contribution in [3.8, 4) is 0 Å². The predicted octanol–water partition coefficient (Wildman–Crippen LogP) is 2.20. The van der Waals surface area contributed by atoms with Crippen LogP contribution in [0.2, 0.25) is 0 Å². The third kappa shape index (κ3) is 6.91. The molecule has 202 valence electrons.